The van der Waals surface area contributed by atoms with E-state index in [0.717, 1.165) is 16.7 Å². The van der Waals surface area contributed by atoms with E-state index in [-0.39, 0.29) is 46.9 Å². The zero-order valence-corrected chi connectivity index (χ0v) is 32.0. The van der Waals surface area contributed by atoms with E-state index in [9.17, 15) is 14.4 Å². The first-order valence-electron chi connectivity index (χ1n) is 17.0. The van der Waals surface area contributed by atoms with Crippen molar-refractivity contribution in [3.8, 4) is 17.2 Å². The van der Waals surface area contributed by atoms with Crippen LogP contribution < -0.4 is 13.9 Å². The van der Waals surface area contributed by atoms with Gasteiger partial charge in [-0.1, -0.05) is 51.1 Å². The normalized spacial score (nSPS) is 22.2. The van der Waals surface area contributed by atoms with E-state index in [4.69, 9.17) is 23.4 Å². The number of hydrogen-bond acceptors (Lipinski definition) is 9. The molecule has 6 rings (SSSR count). The van der Waals surface area contributed by atoms with E-state index in [1.807, 2.05) is 55.3 Å². The Kier molecular flexibility index (Phi) is 9.15. The van der Waals surface area contributed by atoms with Crippen LogP contribution >= 0.6 is 0 Å². The van der Waals surface area contributed by atoms with Gasteiger partial charge in [0.25, 0.3) is 8.32 Å². The van der Waals surface area contributed by atoms with Gasteiger partial charge < -0.3 is 28.3 Å². The monoisotopic (exact) mass is 700 g/mol. The number of amides is 1. The fourth-order valence-corrected chi connectivity index (χ4v) is 8.54. The molecule has 11 heteroatoms. The minimum absolute atomic E-state index is 0.0350. The number of allylic oxidation sites excluding steroid dienone is 2. The van der Waals surface area contributed by atoms with Gasteiger partial charge in [-0.15, -0.1) is 0 Å². The molecule has 50 heavy (non-hydrogen) atoms. The summed E-state index contributed by atoms with van der Waals surface area (Å²) < 4.78 is 31.2. The van der Waals surface area contributed by atoms with Gasteiger partial charge in [0.15, 0.2) is 23.0 Å². The minimum atomic E-state index is -2.44. The molecule has 1 saturated heterocycles. The van der Waals surface area contributed by atoms with Gasteiger partial charge in [0.05, 0.1) is 52.7 Å². The molecule has 2 aromatic rings. The van der Waals surface area contributed by atoms with Crippen LogP contribution in [0.1, 0.15) is 62.4 Å². The van der Waals surface area contributed by atoms with E-state index < -0.39 is 26.4 Å². The predicted molar refractivity (Wildman–Crippen MR) is 192 cm³/mol. The standard InChI is InChI=1S/C39H48N2O8Si/c1-21-32(42)24-17-27-38(44)41-26(31(40(27)6)30(24)33(43)35(21)45-7)18-25-29(28(41)20-48-19-23-15-13-12-14-16-23)37(47-9)36(46-8)22(2)34(25)49-50(10,11)39(3,4)5/h12-16,18,27-28,31H,17,19-20H2,1-11H3/t27-,28-,31-/m0/s1. The lowest BCUT2D eigenvalue weighted by molar-refractivity contribution is -0.145. The Hall–Kier alpha value is -4.19. The van der Waals surface area contributed by atoms with Crippen molar-refractivity contribution in [3.63, 3.8) is 0 Å². The maximum atomic E-state index is 14.8. The molecule has 3 aliphatic heterocycles. The highest BCUT2D eigenvalue weighted by Crippen LogP contribution is 2.56. The summed E-state index contributed by atoms with van der Waals surface area (Å²) in [5.41, 5.74) is 4.76. The zero-order chi connectivity index (χ0) is 36.4. The molecule has 266 valence electrons. The third-order valence-corrected chi connectivity index (χ3v) is 15.5. The van der Waals surface area contributed by atoms with Crippen molar-refractivity contribution in [2.75, 3.05) is 35.0 Å². The SMILES string of the molecule is COC1=C(C)C(=O)C2=C(C1=O)[C@@H]1C3=Cc4c(O[Si](C)(C)C(C)(C)C)c(C)c(OC)c(OC)c4[C@H](COCc4ccccc4)N3C(=O)[C@H](C2)N1C. The van der Waals surface area contributed by atoms with Crippen LogP contribution in [0.2, 0.25) is 18.1 Å². The van der Waals surface area contributed by atoms with Crippen molar-refractivity contribution in [2.24, 2.45) is 0 Å². The Balaban J connectivity index is 1.62. The third kappa shape index (κ3) is 5.41. The van der Waals surface area contributed by atoms with Gasteiger partial charge in [-0.05, 0) is 50.7 Å². The lowest BCUT2D eigenvalue weighted by Gasteiger charge is -2.54. The Morgan fingerprint density at radius 3 is 2.16 bits per heavy atom. The second-order valence-corrected chi connectivity index (χ2v) is 19.7. The van der Waals surface area contributed by atoms with Crippen molar-refractivity contribution in [3.05, 3.63) is 80.8 Å². The molecule has 4 aliphatic rings. The molecule has 0 unspecified atom stereocenters. The van der Waals surface area contributed by atoms with E-state index in [2.05, 4.69) is 33.9 Å². The number of likely N-dealkylation sites (N-methyl/N-ethyl adjacent to an activating group) is 1. The summed E-state index contributed by atoms with van der Waals surface area (Å²) in [4.78, 5) is 46.4. The van der Waals surface area contributed by atoms with Crippen molar-refractivity contribution >= 4 is 31.9 Å². The number of carbonyl (C=O) groups is 3. The molecule has 0 radical (unpaired) electrons. The number of carbonyl (C=O) groups excluding carboxylic acids is 3. The molecular weight excluding hydrogens is 653 g/mol. The van der Waals surface area contributed by atoms with Gasteiger partial charge in [-0.25, -0.2) is 0 Å². The van der Waals surface area contributed by atoms with E-state index in [0.29, 0.717) is 46.3 Å². The number of ether oxygens (including phenoxy) is 4. The molecule has 1 aliphatic carbocycles. The summed E-state index contributed by atoms with van der Waals surface area (Å²) in [6.07, 6.45) is 2.06. The summed E-state index contributed by atoms with van der Waals surface area (Å²) in [6, 6.07) is 7.81. The maximum absolute atomic E-state index is 14.8. The molecule has 0 N–H and O–H groups in total. The van der Waals surface area contributed by atoms with Gasteiger partial charge >= 0.3 is 0 Å². The Bertz CT molecular complexity index is 1870. The van der Waals surface area contributed by atoms with Gasteiger partial charge in [0, 0.05) is 45.5 Å². The molecule has 10 nitrogen and oxygen atoms in total. The van der Waals surface area contributed by atoms with Crippen LogP contribution in [-0.2, 0) is 30.5 Å². The number of benzene rings is 2. The van der Waals surface area contributed by atoms with Crippen LogP contribution in [0.15, 0.2) is 58.5 Å². The first kappa shape index (κ1) is 35.6. The highest BCUT2D eigenvalue weighted by atomic mass is 28.4. The number of ketones is 2. The predicted octanol–water partition coefficient (Wildman–Crippen LogP) is 6.29. The highest BCUT2D eigenvalue weighted by Gasteiger charge is 2.56. The van der Waals surface area contributed by atoms with Crippen LogP contribution in [0.25, 0.3) is 6.08 Å². The molecule has 1 fully saturated rings. The second-order valence-electron chi connectivity index (χ2n) is 15.0. The summed E-state index contributed by atoms with van der Waals surface area (Å²) in [5.74, 6) is 0.910. The van der Waals surface area contributed by atoms with Gasteiger partial charge in [0.2, 0.25) is 11.7 Å². The summed E-state index contributed by atoms with van der Waals surface area (Å²) in [7, 11) is 4.01. The molecule has 2 aromatic carbocycles. The number of Topliss-reactive ketones (excluding diaryl/α,β-unsaturated/α-hetero) is 2. The number of fused-ring (bicyclic) bond motifs is 6. The number of rotatable bonds is 9. The smallest absolute Gasteiger partial charge is 0.250 e. The van der Waals surface area contributed by atoms with Crippen LogP contribution in [0.3, 0.4) is 0 Å². The lowest BCUT2D eigenvalue weighted by Crippen LogP contribution is -2.64. The molecule has 0 saturated carbocycles. The molecular formula is C39H48N2O8Si. The topological polar surface area (TPSA) is 104 Å². The molecule has 3 atom stereocenters. The molecule has 2 bridgehead atoms. The highest BCUT2D eigenvalue weighted by molar-refractivity contribution is 6.74. The largest absolute Gasteiger partial charge is 0.543 e. The average Bonchev–Trinajstić information content (AvgIpc) is 3.07. The Morgan fingerprint density at radius 2 is 1.56 bits per heavy atom. The number of piperazine rings is 1. The number of methoxy groups -OCH3 is 3. The van der Waals surface area contributed by atoms with Crippen LogP contribution in [0, 0.1) is 6.92 Å². The van der Waals surface area contributed by atoms with Crippen LogP contribution in [0.5, 0.6) is 17.2 Å². The van der Waals surface area contributed by atoms with Crippen molar-refractivity contribution in [1.82, 2.24) is 9.80 Å². The molecule has 0 aromatic heterocycles. The van der Waals surface area contributed by atoms with Gasteiger partial charge in [-0.3, -0.25) is 19.3 Å². The number of nitrogens with zero attached hydrogens (tertiary/aromatic N) is 2. The van der Waals surface area contributed by atoms with E-state index >= 15 is 0 Å². The number of hydrogen-bond donors (Lipinski definition) is 0. The lowest BCUT2D eigenvalue weighted by atomic mass is 9.73. The summed E-state index contributed by atoms with van der Waals surface area (Å²) in [6.45, 7) is 14.9. The first-order valence-corrected chi connectivity index (χ1v) is 19.9. The van der Waals surface area contributed by atoms with Gasteiger partial charge in [0.1, 0.15) is 5.75 Å². The van der Waals surface area contributed by atoms with Crippen LogP contribution in [-0.4, -0.2) is 82.7 Å². The van der Waals surface area contributed by atoms with Gasteiger partial charge in [-0.2, -0.15) is 0 Å². The average molecular weight is 701 g/mol. The van der Waals surface area contributed by atoms with E-state index in [1.54, 1.807) is 26.0 Å². The molecule has 0 spiro atoms. The van der Waals surface area contributed by atoms with Crippen molar-refractivity contribution in [2.45, 2.75) is 83.9 Å². The Morgan fingerprint density at radius 1 is 0.900 bits per heavy atom. The Labute approximate surface area is 295 Å². The third-order valence-electron chi connectivity index (χ3n) is 11.1. The fourth-order valence-electron chi connectivity index (χ4n) is 7.46. The van der Waals surface area contributed by atoms with Crippen molar-refractivity contribution in [1.29, 1.82) is 0 Å². The molecule has 1 amide bonds. The summed E-state index contributed by atoms with van der Waals surface area (Å²) in [5, 5.41) is -0.127. The fraction of sp³-hybridized carbons (Fsp3) is 0.462. The van der Waals surface area contributed by atoms with Crippen molar-refractivity contribution < 1.29 is 37.8 Å². The maximum Gasteiger partial charge on any atom is 0.250 e. The first-order chi connectivity index (χ1) is 23.6. The minimum Gasteiger partial charge on any atom is -0.543 e. The van der Waals surface area contributed by atoms with Crippen LogP contribution in [0.4, 0.5) is 0 Å². The molecule has 3 heterocycles. The zero-order valence-electron chi connectivity index (χ0n) is 31.0. The summed E-state index contributed by atoms with van der Waals surface area (Å²) >= 11 is 0. The second kappa shape index (κ2) is 12.8. The quantitative estimate of drug-likeness (QED) is 0.221. The van der Waals surface area contributed by atoms with E-state index in [1.165, 1.54) is 7.11 Å².